The van der Waals surface area contributed by atoms with Crippen molar-refractivity contribution < 1.29 is 38.2 Å². The normalized spacial score (nSPS) is 11.5. The molecule has 0 saturated heterocycles. The first-order valence-corrected chi connectivity index (χ1v) is 16.9. The molecule has 1 aliphatic carbocycles. The van der Waals surface area contributed by atoms with Gasteiger partial charge in [0.2, 0.25) is 12.2 Å². The van der Waals surface area contributed by atoms with E-state index in [0.29, 0.717) is 58.7 Å². The van der Waals surface area contributed by atoms with E-state index < -0.39 is 18.2 Å². The lowest BCUT2D eigenvalue weighted by Gasteiger charge is -2.24. The van der Waals surface area contributed by atoms with E-state index in [2.05, 4.69) is 15.2 Å². The Bertz CT molecular complexity index is 2260. The summed E-state index contributed by atoms with van der Waals surface area (Å²) in [6.07, 6.45) is -1.16. The highest BCUT2D eigenvalue weighted by Crippen LogP contribution is 2.42. The molecule has 0 atom stereocenters. The molecule has 4 aromatic carbocycles. The molecular formula is C41H39N4O8+. The number of carbonyl (C=O) groups excluding carboxylic acids is 2. The van der Waals surface area contributed by atoms with Crippen molar-refractivity contribution in [3.05, 3.63) is 143 Å². The van der Waals surface area contributed by atoms with Crippen LogP contribution in [0.4, 0.5) is 15.3 Å². The summed E-state index contributed by atoms with van der Waals surface area (Å²) in [5.74, 6) is -0.550. The van der Waals surface area contributed by atoms with Crippen molar-refractivity contribution in [2.75, 3.05) is 39.1 Å². The predicted molar refractivity (Wildman–Crippen MR) is 200 cm³/mol. The van der Waals surface area contributed by atoms with E-state index in [0.717, 1.165) is 16.5 Å². The predicted octanol–water partition coefficient (Wildman–Crippen LogP) is 6.48. The van der Waals surface area contributed by atoms with Crippen LogP contribution in [0.1, 0.15) is 21.5 Å². The van der Waals surface area contributed by atoms with Gasteiger partial charge in [-0.1, -0.05) is 78.9 Å². The quantitative estimate of drug-likeness (QED) is 0.0530. The molecule has 270 valence electrons. The summed E-state index contributed by atoms with van der Waals surface area (Å²) in [5.41, 5.74) is 5.15. The maximum absolute atomic E-state index is 12.5. The van der Waals surface area contributed by atoms with E-state index in [9.17, 15) is 19.5 Å². The van der Waals surface area contributed by atoms with Gasteiger partial charge in [-0.25, -0.2) is 28.9 Å². The second-order valence-corrected chi connectivity index (χ2v) is 11.9. The summed E-state index contributed by atoms with van der Waals surface area (Å²) >= 11 is 0. The first-order valence-electron chi connectivity index (χ1n) is 16.9. The van der Waals surface area contributed by atoms with Gasteiger partial charge in [-0.2, -0.15) is 0 Å². The number of anilines is 1. The fourth-order valence-corrected chi connectivity index (χ4v) is 6.00. The molecule has 12 heteroatoms. The van der Waals surface area contributed by atoms with Crippen LogP contribution >= 0.6 is 0 Å². The molecule has 1 aliphatic heterocycles. The lowest BCUT2D eigenvalue weighted by molar-refractivity contribution is -0.0291. The maximum atomic E-state index is 12.5. The number of fused-ring (bicyclic) bond motifs is 2. The van der Waals surface area contributed by atoms with Crippen LogP contribution in [0.3, 0.4) is 0 Å². The Hall–Kier alpha value is -6.66. The number of amides is 2. The molecule has 53 heavy (non-hydrogen) atoms. The van der Waals surface area contributed by atoms with E-state index in [-0.39, 0.29) is 19.0 Å². The van der Waals surface area contributed by atoms with E-state index >= 15 is 0 Å². The molecule has 0 aromatic heterocycles. The summed E-state index contributed by atoms with van der Waals surface area (Å²) in [4.78, 5) is 42.1. The average molecular weight is 716 g/mol. The lowest BCUT2D eigenvalue weighted by Crippen LogP contribution is -2.34. The molecule has 0 fully saturated rings. The summed E-state index contributed by atoms with van der Waals surface area (Å²) in [6.45, 7) is 1.04. The van der Waals surface area contributed by atoms with Crippen LogP contribution in [0.25, 0.3) is 33.4 Å². The minimum atomic E-state index is -1.06. The number of carbonyl (C=O) groups is 3. The van der Waals surface area contributed by atoms with Gasteiger partial charge < -0.3 is 29.6 Å². The Morgan fingerprint density at radius 1 is 0.755 bits per heavy atom. The number of ether oxygens (including phenoxy) is 2. The molecule has 0 saturated carbocycles. The molecular weight excluding hydrogens is 676 g/mol. The largest absolute Gasteiger partial charge is 0.478 e. The molecule has 6 rings (SSSR count). The molecule has 2 amide bonds. The second-order valence-electron chi connectivity index (χ2n) is 11.9. The Kier molecular flexibility index (Phi) is 11.6. The smallest absolute Gasteiger partial charge is 0.409 e. The van der Waals surface area contributed by atoms with Crippen molar-refractivity contribution in [2.24, 2.45) is 0 Å². The van der Waals surface area contributed by atoms with Crippen LogP contribution in [0.15, 0.2) is 126 Å². The van der Waals surface area contributed by atoms with Crippen LogP contribution < -0.4 is 25.6 Å². The molecule has 0 radical (unpaired) electrons. The third-order valence-electron chi connectivity index (χ3n) is 8.56. The van der Waals surface area contributed by atoms with E-state index in [4.69, 9.17) is 18.7 Å². The molecule has 0 unspecified atom stereocenters. The zero-order chi connectivity index (χ0) is 37.2. The molecule has 0 spiro atoms. The number of carboxylic acids is 1. The van der Waals surface area contributed by atoms with Crippen LogP contribution in [0, 0.1) is 0 Å². The fraction of sp³-hybridized carbons (Fsp3) is 0.171. The number of alkyl carbamates (subject to hydrolysis) is 2. The first-order chi connectivity index (χ1) is 25.8. The van der Waals surface area contributed by atoms with Gasteiger partial charge in [-0.15, -0.1) is 0 Å². The molecule has 2 aliphatic rings. The van der Waals surface area contributed by atoms with Gasteiger partial charge in [0, 0.05) is 48.3 Å². The summed E-state index contributed by atoms with van der Waals surface area (Å²) < 4.78 is 19.2. The number of nitrogens with zero attached hydrogens (tertiary/aromatic N) is 2. The number of nitrogens with one attached hydrogen (secondary N) is 2. The van der Waals surface area contributed by atoms with Crippen molar-refractivity contribution in [2.45, 2.75) is 13.1 Å². The summed E-state index contributed by atoms with van der Waals surface area (Å²) in [5, 5.41) is 18.2. The maximum Gasteiger partial charge on any atom is 0.409 e. The second kappa shape index (κ2) is 17.0. The molecule has 1 heterocycles. The topological polar surface area (TPSA) is 143 Å². The number of hydrogen-bond acceptors (Lipinski definition) is 8. The van der Waals surface area contributed by atoms with Crippen LogP contribution in [0.2, 0.25) is 0 Å². The van der Waals surface area contributed by atoms with Crippen molar-refractivity contribution in [3.63, 3.8) is 0 Å². The molecule has 0 bridgehead atoms. The number of rotatable bonds is 13. The molecule has 12 nitrogen and oxygen atoms in total. The third kappa shape index (κ3) is 8.81. The highest BCUT2D eigenvalue weighted by molar-refractivity contribution is 6.07. The summed E-state index contributed by atoms with van der Waals surface area (Å²) in [7, 11) is 2.97. The minimum Gasteiger partial charge on any atom is -0.478 e. The molecule has 4 aromatic rings. The van der Waals surface area contributed by atoms with Crippen molar-refractivity contribution >= 4 is 34.8 Å². The SMILES string of the molecule is CNC(=O)OCC[N+](Cc1ccccc1)=c1ccc2c(-c3ccccc3C(=O)O)c3ccc(N(Cc4ccccc4)OCOC(=O)NC)cc3oc-2c1. The van der Waals surface area contributed by atoms with Crippen molar-refractivity contribution in [1.29, 1.82) is 0 Å². The number of aromatic carboxylic acids is 1. The van der Waals surface area contributed by atoms with Crippen molar-refractivity contribution in [1.82, 2.24) is 15.2 Å². The molecule has 3 N–H and O–H groups in total. The van der Waals surface area contributed by atoms with Crippen molar-refractivity contribution in [3.8, 4) is 22.5 Å². The van der Waals surface area contributed by atoms with E-state index in [1.54, 1.807) is 23.3 Å². The summed E-state index contributed by atoms with van der Waals surface area (Å²) in [6, 6.07) is 37.8. The van der Waals surface area contributed by atoms with Gasteiger partial charge in [0.25, 0.3) is 0 Å². The van der Waals surface area contributed by atoms with Gasteiger partial charge in [0.05, 0.1) is 23.9 Å². The van der Waals surface area contributed by atoms with Crippen LogP contribution in [0.5, 0.6) is 0 Å². The van der Waals surface area contributed by atoms with Crippen LogP contribution in [-0.2, 0) is 27.4 Å². The highest BCUT2D eigenvalue weighted by atomic mass is 16.8. The fourth-order valence-electron chi connectivity index (χ4n) is 6.00. The highest BCUT2D eigenvalue weighted by Gasteiger charge is 2.23. The average Bonchev–Trinajstić information content (AvgIpc) is 3.19. The third-order valence-corrected chi connectivity index (χ3v) is 8.56. The van der Waals surface area contributed by atoms with Gasteiger partial charge in [0.1, 0.15) is 11.3 Å². The number of carboxylic acid groups (broad SMARTS) is 1. The Balaban J connectivity index is 1.54. The van der Waals surface area contributed by atoms with Gasteiger partial charge in [0.15, 0.2) is 19.7 Å². The van der Waals surface area contributed by atoms with Crippen LogP contribution in [-0.4, -0.2) is 57.3 Å². The zero-order valence-corrected chi connectivity index (χ0v) is 29.3. The zero-order valence-electron chi connectivity index (χ0n) is 29.3. The number of hydrogen-bond donors (Lipinski definition) is 3. The van der Waals surface area contributed by atoms with E-state index in [1.807, 2.05) is 103 Å². The van der Waals surface area contributed by atoms with Gasteiger partial charge in [-0.05, 0) is 35.4 Å². The Morgan fingerprint density at radius 2 is 1.43 bits per heavy atom. The van der Waals surface area contributed by atoms with Gasteiger partial charge >= 0.3 is 18.2 Å². The van der Waals surface area contributed by atoms with Gasteiger partial charge in [-0.3, -0.25) is 0 Å². The van der Waals surface area contributed by atoms with E-state index in [1.165, 1.54) is 14.1 Å². The standard InChI is InChI=1S/C41H38N4O8/c1-42-40(48)50-22-21-44(25-28-11-5-3-6-12-28)30-17-19-34-36(23-30)53-37-24-31(18-20-35(37)38(34)32-15-9-10-16-33(32)39(46)47)45(52-27-51-41(49)43-2)26-29-13-7-4-8-14-29/h3-20,23-24H,21-22,25-27H2,1-2H3,(H2-,42,43,46,47,48,49)/p+1. The number of benzene rings is 5. The monoisotopic (exact) mass is 715 g/mol. The first kappa shape index (κ1) is 36.1. The Morgan fingerprint density at radius 3 is 2.15 bits per heavy atom. The Labute approximate surface area is 305 Å². The number of hydroxylamine groups is 1. The lowest BCUT2D eigenvalue weighted by atomic mass is 9.90. The minimum absolute atomic E-state index is 0.140.